The second-order valence-electron chi connectivity index (χ2n) is 6.23. The maximum absolute atomic E-state index is 13.0. The summed E-state index contributed by atoms with van der Waals surface area (Å²) < 4.78 is 5.14. The monoisotopic (exact) mass is 337 g/mol. The van der Waals surface area contributed by atoms with Crippen LogP contribution in [0.2, 0.25) is 5.15 Å². The van der Waals surface area contributed by atoms with Gasteiger partial charge in [-0.2, -0.15) is 0 Å². The summed E-state index contributed by atoms with van der Waals surface area (Å²) in [6, 6.07) is 1.60. The van der Waals surface area contributed by atoms with Crippen LogP contribution in [0.5, 0.6) is 0 Å². The van der Waals surface area contributed by atoms with Crippen LogP contribution in [0.4, 0.5) is 5.82 Å². The van der Waals surface area contributed by atoms with Crippen molar-refractivity contribution in [3.05, 3.63) is 17.5 Å². The standard InChI is InChI=1S/C16H20ClN3O3/c1-2-23-14(21)11-4-3-5-16(9-11)6-7-20(15(16)22)13-8-12(17)18-10-19-13/h8,10-11H,2-7,9H2,1H3. The van der Waals surface area contributed by atoms with Crippen molar-refractivity contribution < 1.29 is 14.3 Å². The van der Waals surface area contributed by atoms with Crippen molar-refractivity contribution in [3.63, 3.8) is 0 Å². The van der Waals surface area contributed by atoms with Crippen molar-refractivity contribution in [1.29, 1.82) is 0 Å². The highest BCUT2D eigenvalue weighted by Crippen LogP contribution is 2.48. The highest BCUT2D eigenvalue weighted by molar-refractivity contribution is 6.29. The Balaban J connectivity index is 1.78. The zero-order valence-corrected chi connectivity index (χ0v) is 13.9. The second kappa shape index (κ2) is 6.43. The van der Waals surface area contributed by atoms with Crippen LogP contribution < -0.4 is 4.90 Å². The Labute approximate surface area is 140 Å². The molecule has 1 aromatic heterocycles. The van der Waals surface area contributed by atoms with Crippen molar-refractivity contribution in [2.24, 2.45) is 11.3 Å². The summed E-state index contributed by atoms with van der Waals surface area (Å²) in [6.07, 6.45) is 5.15. The Morgan fingerprint density at radius 2 is 2.30 bits per heavy atom. The number of carbonyl (C=O) groups is 2. The number of hydrogen-bond donors (Lipinski definition) is 0. The fourth-order valence-electron chi connectivity index (χ4n) is 3.76. The molecule has 0 radical (unpaired) electrons. The minimum Gasteiger partial charge on any atom is -0.466 e. The number of esters is 1. The topological polar surface area (TPSA) is 72.4 Å². The number of nitrogens with zero attached hydrogens (tertiary/aromatic N) is 3. The maximum Gasteiger partial charge on any atom is 0.308 e. The molecular weight excluding hydrogens is 318 g/mol. The van der Waals surface area contributed by atoms with Gasteiger partial charge in [-0.3, -0.25) is 14.5 Å². The SMILES string of the molecule is CCOC(=O)C1CCCC2(CCN(c3cc(Cl)ncn3)C2=O)C1. The van der Waals surface area contributed by atoms with Crippen LogP contribution in [-0.2, 0) is 14.3 Å². The summed E-state index contributed by atoms with van der Waals surface area (Å²) >= 11 is 5.90. The molecule has 1 spiro atoms. The third-order valence-corrected chi connectivity index (χ3v) is 5.08. The van der Waals surface area contributed by atoms with Gasteiger partial charge in [0.15, 0.2) is 0 Å². The van der Waals surface area contributed by atoms with Gasteiger partial charge in [0.05, 0.1) is 17.9 Å². The number of carbonyl (C=O) groups excluding carboxylic acids is 2. The summed E-state index contributed by atoms with van der Waals surface area (Å²) in [7, 11) is 0. The van der Waals surface area contributed by atoms with Gasteiger partial charge in [-0.15, -0.1) is 0 Å². The molecule has 23 heavy (non-hydrogen) atoms. The Kier molecular flexibility index (Phi) is 4.53. The van der Waals surface area contributed by atoms with Gasteiger partial charge in [-0.05, 0) is 32.6 Å². The number of rotatable bonds is 3. The Morgan fingerprint density at radius 3 is 3.04 bits per heavy atom. The molecule has 124 valence electrons. The highest BCUT2D eigenvalue weighted by atomic mass is 35.5. The van der Waals surface area contributed by atoms with E-state index >= 15 is 0 Å². The van der Waals surface area contributed by atoms with E-state index in [1.54, 1.807) is 17.9 Å². The van der Waals surface area contributed by atoms with Gasteiger partial charge < -0.3 is 4.74 Å². The lowest BCUT2D eigenvalue weighted by molar-refractivity contribution is -0.151. The van der Waals surface area contributed by atoms with Crippen LogP contribution >= 0.6 is 11.6 Å². The molecule has 1 aliphatic heterocycles. The molecule has 0 N–H and O–H groups in total. The van der Waals surface area contributed by atoms with Gasteiger partial charge in [0.25, 0.3) is 0 Å². The first-order valence-electron chi connectivity index (χ1n) is 8.02. The summed E-state index contributed by atoms with van der Waals surface area (Å²) in [5.74, 6) is 0.218. The van der Waals surface area contributed by atoms with E-state index in [0.29, 0.717) is 30.5 Å². The number of hydrogen-bond acceptors (Lipinski definition) is 5. The Hall–Kier alpha value is -1.69. The molecule has 2 unspecified atom stereocenters. The van der Waals surface area contributed by atoms with Crippen molar-refractivity contribution >= 4 is 29.3 Å². The molecular formula is C16H20ClN3O3. The van der Waals surface area contributed by atoms with E-state index in [-0.39, 0.29) is 17.8 Å². The van der Waals surface area contributed by atoms with Crippen LogP contribution in [0.1, 0.15) is 39.0 Å². The highest BCUT2D eigenvalue weighted by Gasteiger charge is 2.51. The molecule has 2 aliphatic rings. The first-order valence-corrected chi connectivity index (χ1v) is 8.40. The van der Waals surface area contributed by atoms with E-state index in [0.717, 1.165) is 25.7 Å². The molecule has 1 saturated carbocycles. The molecule has 7 heteroatoms. The molecule has 1 saturated heterocycles. The van der Waals surface area contributed by atoms with Crippen molar-refractivity contribution in [1.82, 2.24) is 9.97 Å². The predicted octanol–water partition coefficient (Wildman–Crippen LogP) is 2.61. The zero-order chi connectivity index (χ0) is 16.4. The molecule has 1 aliphatic carbocycles. The average Bonchev–Trinajstić information content (AvgIpc) is 2.84. The van der Waals surface area contributed by atoms with Gasteiger partial charge in [0, 0.05) is 12.6 Å². The van der Waals surface area contributed by atoms with Crippen LogP contribution in [-0.4, -0.2) is 35.0 Å². The van der Waals surface area contributed by atoms with Crippen LogP contribution in [0.15, 0.2) is 12.4 Å². The molecule has 6 nitrogen and oxygen atoms in total. The predicted molar refractivity (Wildman–Crippen MR) is 85.0 cm³/mol. The van der Waals surface area contributed by atoms with Gasteiger partial charge in [-0.25, -0.2) is 9.97 Å². The Morgan fingerprint density at radius 1 is 1.48 bits per heavy atom. The number of amides is 1. The first-order chi connectivity index (χ1) is 11.1. The fourth-order valence-corrected chi connectivity index (χ4v) is 3.90. The van der Waals surface area contributed by atoms with E-state index in [9.17, 15) is 9.59 Å². The van der Waals surface area contributed by atoms with Crippen LogP contribution in [0.3, 0.4) is 0 Å². The van der Waals surface area contributed by atoms with Gasteiger partial charge in [0.2, 0.25) is 5.91 Å². The van der Waals surface area contributed by atoms with Crippen molar-refractivity contribution in [3.8, 4) is 0 Å². The number of halogens is 1. The molecule has 2 atom stereocenters. The lowest BCUT2D eigenvalue weighted by atomic mass is 9.68. The van der Waals surface area contributed by atoms with E-state index in [4.69, 9.17) is 16.3 Å². The lowest BCUT2D eigenvalue weighted by Gasteiger charge is -2.35. The smallest absolute Gasteiger partial charge is 0.308 e. The Bertz CT molecular complexity index is 624. The molecule has 2 fully saturated rings. The van der Waals surface area contributed by atoms with E-state index in [2.05, 4.69) is 9.97 Å². The number of aromatic nitrogens is 2. The molecule has 0 aromatic carbocycles. The first kappa shape index (κ1) is 16.2. The normalized spacial score (nSPS) is 27.5. The summed E-state index contributed by atoms with van der Waals surface area (Å²) in [4.78, 5) is 34.7. The van der Waals surface area contributed by atoms with E-state index in [1.807, 2.05) is 0 Å². The van der Waals surface area contributed by atoms with E-state index in [1.165, 1.54) is 6.33 Å². The van der Waals surface area contributed by atoms with Gasteiger partial charge in [-0.1, -0.05) is 18.0 Å². The van der Waals surface area contributed by atoms with Crippen LogP contribution in [0.25, 0.3) is 0 Å². The third-order valence-electron chi connectivity index (χ3n) is 4.87. The largest absolute Gasteiger partial charge is 0.466 e. The van der Waals surface area contributed by atoms with Gasteiger partial charge in [0.1, 0.15) is 17.3 Å². The fraction of sp³-hybridized carbons (Fsp3) is 0.625. The van der Waals surface area contributed by atoms with Crippen LogP contribution in [0, 0.1) is 11.3 Å². The number of anilines is 1. The summed E-state index contributed by atoms with van der Waals surface area (Å²) in [5.41, 5.74) is -0.465. The lowest BCUT2D eigenvalue weighted by Crippen LogP contribution is -2.40. The molecule has 3 rings (SSSR count). The molecule has 1 amide bonds. The minimum absolute atomic E-state index is 0.0428. The number of ether oxygens (including phenoxy) is 1. The maximum atomic E-state index is 13.0. The second-order valence-corrected chi connectivity index (χ2v) is 6.62. The quantitative estimate of drug-likeness (QED) is 0.626. The summed E-state index contributed by atoms with van der Waals surface area (Å²) in [5, 5.41) is 0.316. The van der Waals surface area contributed by atoms with Gasteiger partial charge >= 0.3 is 5.97 Å². The minimum atomic E-state index is -0.465. The molecule has 0 bridgehead atoms. The van der Waals surface area contributed by atoms with Crippen molar-refractivity contribution in [2.45, 2.75) is 39.0 Å². The van der Waals surface area contributed by atoms with Crippen molar-refractivity contribution in [2.75, 3.05) is 18.1 Å². The third kappa shape index (κ3) is 3.04. The van der Waals surface area contributed by atoms with E-state index < -0.39 is 5.41 Å². The zero-order valence-electron chi connectivity index (χ0n) is 13.1. The summed E-state index contributed by atoms with van der Waals surface area (Å²) in [6.45, 7) is 2.78. The molecule has 2 heterocycles. The molecule has 1 aromatic rings. The average molecular weight is 338 g/mol.